The second-order valence-corrected chi connectivity index (χ2v) is 4.30. The number of ether oxygens (including phenoxy) is 1. The highest BCUT2D eigenvalue weighted by atomic mass is 16.5. The van der Waals surface area contributed by atoms with Crippen molar-refractivity contribution in [3.8, 4) is 5.75 Å². The Morgan fingerprint density at radius 1 is 1.17 bits per heavy atom. The predicted molar refractivity (Wildman–Crippen MR) is 77.1 cm³/mol. The third-order valence-electron chi connectivity index (χ3n) is 3.05. The monoisotopic (exact) mass is 250 g/mol. The summed E-state index contributed by atoms with van der Waals surface area (Å²) in [4.78, 5) is 2.36. The maximum absolute atomic E-state index is 5.79. The first-order chi connectivity index (χ1) is 8.80. The molecule has 0 amide bonds. The Labute approximate surface area is 111 Å². The Morgan fingerprint density at radius 2 is 1.94 bits per heavy atom. The molecule has 0 aliphatic rings. The molecule has 0 atom stereocenters. The zero-order valence-electron chi connectivity index (χ0n) is 11.9. The predicted octanol–water partition coefficient (Wildman–Crippen LogP) is 2.52. The molecular formula is C15H26N2O. The Kier molecular flexibility index (Phi) is 7.46. The second-order valence-electron chi connectivity index (χ2n) is 4.30. The van der Waals surface area contributed by atoms with Gasteiger partial charge >= 0.3 is 0 Å². The lowest BCUT2D eigenvalue weighted by Crippen LogP contribution is -2.27. The average Bonchev–Trinajstić information content (AvgIpc) is 2.42. The van der Waals surface area contributed by atoms with Crippen LogP contribution in [-0.2, 0) is 6.54 Å². The van der Waals surface area contributed by atoms with Crippen LogP contribution < -0.4 is 10.1 Å². The molecule has 102 valence electrons. The molecule has 0 fully saturated rings. The van der Waals surface area contributed by atoms with E-state index in [0.29, 0.717) is 0 Å². The quantitative estimate of drug-likeness (QED) is 0.729. The summed E-state index contributed by atoms with van der Waals surface area (Å²) in [6, 6.07) is 8.32. The molecule has 0 bridgehead atoms. The molecule has 0 aliphatic heterocycles. The molecule has 0 aromatic heterocycles. The third-order valence-corrected chi connectivity index (χ3v) is 3.05. The van der Waals surface area contributed by atoms with E-state index in [2.05, 4.69) is 49.2 Å². The van der Waals surface area contributed by atoms with E-state index in [1.54, 1.807) is 0 Å². The first-order valence-electron chi connectivity index (χ1n) is 6.94. The van der Waals surface area contributed by atoms with Crippen molar-refractivity contribution < 1.29 is 4.74 Å². The summed E-state index contributed by atoms with van der Waals surface area (Å²) in [7, 11) is 0. The number of benzene rings is 1. The number of rotatable bonds is 9. The molecule has 1 rings (SSSR count). The van der Waals surface area contributed by atoms with E-state index < -0.39 is 0 Å². The van der Waals surface area contributed by atoms with Crippen molar-refractivity contribution in [2.75, 3.05) is 32.8 Å². The second kappa shape index (κ2) is 8.95. The van der Waals surface area contributed by atoms with Gasteiger partial charge in [0.1, 0.15) is 12.4 Å². The molecule has 0 saturated heterocycles. The van der Waals surface area contributed by atoms with Crippen molar-refractivity contribution in [1.82, 2.24) is 10.2 Å². The molecule has 18 heavy (non-hydrogen) atoms. The van der Waals surface area contributed by atoms with E-state index in [0.717, 1.165) is 45.1 Å². The van der Waals surface area contributed by atoms with E-state index >= 15 is 0 Å². The smallest absolute Gasteiger partial charge is 0.119 e. The van der Waals surface area contributed by atoms with Gasteiger partial charge in [-0.15, -0.1) is 0 Å². The Bertz CT molecular complexity index is 324. The van der Waals surface area contributed by atoms with Crippen LogP contribution in [0.15, 0.2) is 24.3 Å². The topological polar surface area (TPSA) is 24.5 Å². The highest BCUT2D eigenvalue weighted by Gasteiger charge is 2.00. The standard InChI is InChI=1S/C15H26N2O/c1-4-16-13-14-8-7-9-15(12-14)18-11-10-17(5-2)6-3/h7-9,12,16H,4-6,10-11,13H2,1-3H3. The number of nitrogens with one attached hydrogen (secondary N) is 1. The number of hydrogen-bond acceptors (Lipinski definition) is 3. The molecule has 1 aromatic carbocycles. The number of hydrogen-bond donors (Lipinski definition) is 1. The minimum absolute atomic E-state index is 0.756. The Morgan fingerprint density at radius 3 is 2.61 bits per heavy atom. The van der Waals surface area contributed by atoms with Crippen LogP contribution in [0.5, 0.6) is 5.75 Å². The van der Waals surface area contributed by atoms with E-state index in [-0.39, 0.29) is 0 Å². The van der Waals surface area contributed by atoms with Gasteiger partial charge in [-0.2, -0.15) is 0 Å². The molecule has 3 nitrogen and oxygen atoms in total. The first-order valence-corrected chi connectivity index (χ1v) is 6.94. The fraction of sp³-hybridized carbons (Fsp3) is 0.600. The van der Waals surface area contributed by atoms with Gasteiger partial charge in [0, 0.05) is 13.1 Å². The van der Waals surface area contributed by atoms with Crippen LogP contribution in [0.3, 0.4) is 0 Å². The zero-order valence-corrected chi connectivity index (χ0v) is 11.9. The van der Waals surface area contributed by atoms with Crippen molar-refractivity contribution in [2.24, 2.45) is 0 Å². The van der Waals surface area contributed by atoms with Crippen LogP contribution in [0, 0.1) is 0 Å². The highest BCUT2D eigenvalue weighted by Crippen LogP contribution is 2.13. The summed E-state index contributed by atoms with van der Waals surface area (Å²) in [5.41, 5.74) is 1.28. The van der Waals surface area contributed by atoms with Crippen molar-refractivity contribution >= 4 is 0 Å². The van der Waals surface area contributed by atoms with Crippen LogP contribution in [0.2, 0.25) is 0 Å². The van der Waals surface area contributed by atoms with Crippen molar-refractivity contribution in [3.63, 3.8) is 0 Å². The summed E-state index contributed by atoms with van der Waals surface area (Å²) >= 11 is 0. The molecule has 0 aliphatic carbocycles. The van der Waals surface area contributed by atoms with Gasteiger partial charge < -0.3 is 15.0 Å². The maximum Gasteiger partial charge on any atom is 0.119 e. The molecule has 1 N–H and O–H groups in total. The third kappa shape index (κ3) is 5.52. The average molecular weight is 250 g/mol. The van der Waals surface area contributed by atoms with Crippen LogP contribution in [0.4, 0.5) is 0 Å². The normalized spacial score (nSPS) is 10.9. The summed E-state index contributed by atoms with van der Waals surface area (Å²) in [5, 5.41) is 3.32. The number of likely N-dealkylation sites (N-methyl/N-ethyl adjacent to an activating group) is 1. The summed E-state index contributed by atoms with van der Waals surface area (Å²) in [5.74, 6) is 0.970. The molecule has 3 heteroatoms. The lowest BCUT2D eigenvalue weighted by atomic mass is 10.2. The van der Waals surface area contributed by atoms with E-state index in [1.165, 1.54) is 5.56 Å². The van der Waals surface area contributed by atoms with Gasteiger partial charge in [0.25, 0.3) is 0 Å². The van der Waals surface area contributed by atoms with Gasteiger partial charge in [-0.25, -0.2) is 0 Å². The minimum Gasteiger partial charge on any atom is -0.492 e. The SMILES string of the molecule is CCNCc1cccc(OCCN(CC)CC)c1. The van der Waals surface area contributed by atoms with Gasteiger partial charge in [-0.1, -0.05) is 32.9 Å². The molecule has 0 unspecified atom stereocenters. The van der Waals surface area contributed by atoms with Gasteiger partial charge in [-0.3, -0.25) is 0 Å². The van der Waals surface area contributed by atoms with Gasteiger partial charge in [-0.05, 0) is 37.3 Å². The van der Waals surface area contributed by atoms with Crippen LogP contribution in [0.1, 0.15) is 26.3 Å². The van der Waals surface area contributed by atoms with Gasteiger partial charge in [0.05, 0.1) is 0 Å². The maximum atomic E-state index is 5.79. The summed E-state index contributed by atoms with van der Waals surface area (Å²) < 4.78 is 5.79. The lowest BCUT2D eigenvalue weighted by Gasteiger charge is -2.18. The van der Waals surface area contributed by atoms with Crippen molar-refractivity contribution in [2.45, 2.75) is 27.3 Å². The fourth-order valence-corrected chi connectivity index (χ4v) is 1.85. The highest BCUT2D eigenvalue weighted by molar-refractivity contribution is 5.28. The molecule has 0 heterocycles. The van der Waals surface area contributed by atoms with E-state index in [1.807, 2.05) is 6.07 Å². The van der Waals surface area contributed by atoms with Crippen molar-refractivity contribution in [3.05, 3.63) is 29.8 Å². The molecule has 0 radical (unpaired) electrons. The van der Waals surface area contributed by atoms with Gasteiger partial charge in [0.2, 0.25) is 0 Å². The van der Waals surface area contributed by atoms with Crippen molar-refractivity contribution in [1.29, 1.82) is 0 Å². The lowest BCUT2D eigenvalue weighted by molar-refractivity contribution is 0.222. The van der Waals surface area contributed by atoms with Crippen LogP contribution >= 0.6 is 0 Å². The first kappa shape index (κ1) is 15.0. The van der Waals surface area contributed by atoms with Crippen LogP contribution in [0.25, 0.3) is 0 Å². The molecule has 0 saturated carbocycles. The van der Waals surface area contributed by atoms with E-state index in [4.69, 9.17) is 4.74 Å². The molecule has 1 aromatic rings. The Hall–Kier alpha value is -1.06. The molecular weight excluding hydrogens is 224 g/mol. The zero-order chi connectivity index (χ0) is 13.2. The molecule has 0 spiro atoms. The largest absolute Gasteiger partial charge is 0.492 e. The van der Waals surface area contributed by atoms with Crippen LogP contribution in [-0.4, -0.2) is 37.7 Å². The Balaban J connectivity index is 2.37. The fourth-order valence-electron chi connectivity index (χ4n) is 1.85. The number of nitrogens with zero attached hydrogens (tertiary/aromatic N) is 1. The summed E-state index contributed by atoms with van der Waals surface area (Å²) in [6.45, 7) is 12.3. The minimum atomic E-state index is 0.756. The van der Waals surface area contributed by atoms with E-state index in [9.17, 15) is 0 Å². The summed E-state index contributed by atoms with van der Waals surface area (Å²) in [6.07, 6.45) is 0. The van der Waals surface area contributed by atoms with Gasteiger partial charge in [0.15, 0.2) is 0 Å².